The second-order valence-electron chi connectivity index (χ2n) is 13.2. The van der Waals surface area contributed by atoms with Gasteiger partial charge in [0.15, 0.2) is 17.5 Å². The van der Waals surface area contributed by atoms with E-state index in [1.54, 1.807) is 11.3 Å². The van der Waals surface area contributed by atoms with Crippen LogP contribution in [0.5, 0.6) is 0 Å². The third-order valence-electron chi connectivity index (χ3n) is 9.97. The summed E-state index contributed by atoms with van der Waals surface area (Å²) in [6, 6.07) is 66.3. The molecule has 8 aromatic carbocycles. The number of hydrogen-bond acceptors (Lipinski definition) is 4. The van der Waals surface area contributed by atoms with Crippen LogP contribution in [0.1, 0.15) is 0 Å². The third kappa shape index (κ3) is 5.57. The van der Waals surface area contributed by atoms with Gasteiger partial charge in [0.25, 0.3) is 0 Å². The molecule has 53 heavy (non-hydrogen) atoms. The van der Waals surface area contributed by atoms with Gasteiger partial charge in [-0.05, 0) is 68.4 Å². The lowest BCUT2D eigenvalue weighted by molar-refractivity contribution is 1.08. The van der Waals surface area contributed by atoms with Crippen LogP contribution in [-0.2, 0) is 0 Å². The highest BCUT2D eigenvalue weighted by Crippen LogP contribution is 2.41. The molecule has 0 saturated heterocycles. The zero-order valence-corrected chi connectivity index (χ0v) is 29.5. The summed E-state index contributed by atoms with van der Waals surface area (Å²) in [5, 5.41) is 4.71. The molecular formula is C49H31N3S. The quantitative estimate of drug-likeness (QED) is 0.174. The molecule has 10 aromatic rings. The molecule has 2 aromatic heterocycles. The van der Waals surface area contributed by atoms with Crippen LogP contribution in [0.4, 0.5) is 0 Å². The molecule has 3 nitrogen and oxygen atoms in total. The Hall–Kier alpha value is -6.75. The van der Waals surface area contributed by atoms with Crippen LogP contribution in [0.2, 0.25) is 0 Å². The molecule has 4 heteroatoms. The number of thiophene rings is 1. The van der Waals surface area contributed by atoms with Crippen molar-refractivity contribution in [1.82, 2.24) is 15.0 Å². The van der Waals surface area contributed by atoms with E-state index in [0.29, 0.717) is 17.5 Å². The lowest BCUT2D eigenvalue weighted by Gasteiger charge is -2.15. The van der Waals surface area contributed by atoms with Crippen molar-refractivity contribution in [2.24, 2.45) is 0 Å². The van der Waals surface area contributed by atoms with Crippen molar-refractivity contribution < 1.29 is 0 Å². The van der Waals surface area contributed by atoms with Crippen molar-refractivity contribution in [2.75, 3.05) is 0 Å². The Kier molecular flexibility index (Phi) is 7.67. The van der Waals surface area contributed by atoms with Gasteiger partial charge < -0.3 is 0 Å². The molecule has 10 rings (SSSR count). The standard InChI is InChI=1S/C49H31N3S/c1-3-15-32(16-4-1)36-21-7-8-22-37(36)34-19-13-20-35(31-34)38-29-30-43(40-24-10-9-23-39(38)40)48-50-47(33-17-5-2-6-18-33)51-49(52-48)44-27-14-26-42-41-25-11-12-28-45(41)53-46(42)44/h1-31H. The van der Waals surface area contributed by atoms with Gasteiger partial charge in [-0.25, -0.2) is 15.0 Å². The molecule has 0 spiro atoms. The van der Waals surface area contributed by atoms with E-state index in [4.69, 9.17) is 15.0 Å². The van der Waals surface area contributed by atoms with Crippen LogP contribution < -0.4 is 0 Å². The number of benzene rings is 8. The van der Waals surface area contributed by atoms with Gasteiger partial charge in [-0.2, -0.15) is 0 Å². The Morgan fingerprint density at radius 1 is 0.283 bits per heavy atom. The van der Waals surface area contributed by atoms with Crippen LogP contribution >= 0.6 is 11.3 Å². The Morgan fingerprint density at radius 2 is 0.755 bits per heavy atom. The summed E-state index contributed by atoms with van der Waals surface area (Å²) in [5.41, 5.74) is 10.1. The van der Waals surface area contributed by atoms with E-state index in [1.165, 1.54) is 42.4 Å². The van der Waals surface area contributed by atoms with E-state index < -0.39 is 0 Å². The van der Waals surface area contributed by atoms with E-state index in [1.807, 2.05) is 18.2 Å². The lowest BCUT2D eigenvalue weighted by Crippen LogP contribution is -2.01. The number of fused-ring (bicyclic) bond motifs is 4. The second-order valence-corrected chi connectivity index (χ2v) is 14.2. The average molecular weight is 694 g/mol. The monoisotopic (exact) mass is 693 g/mol. The number of rotatable bonds is 6. The highest BCUT2D eigenvalue weighted by atomic mass is 32.1. The summed E-state index contributed by atoms with van der Waals surface area (Å²) in [6.07, 6.45) is 0. The summed E-state index contributed by atoms with van der Waals surface area (Å²) >= 11 is 1.79. The van der Waals surface area contributed by atoms with Gasteiger partial charge in [-0.3, -0.25) is 0 Å². The van der Waals surface area contributed by atoms with Crippen molar-refractivity contribution in [3.8, 4) is 67.5 Å². The minimum absolute atomic E-state index is 0.653. The maximum absolute atomic E-state index is 5.25. The summed E-state index contributed by atoms with van der Waals surface area (Å²) in [5.74, 6) is 1.98. The Labute approximate surface area is 311 Å². The fourth-order valence-corrected chi connectivity index (χ4v) is 8.67. The number of aromatic nitrogens is 3. The van der Waals surface area contributed by atoms with Gasteiger partial charge in [-0.15, -0.1) is 11.3 Å². The maximum Gasteiger partial charge on any atom is 0.165 e. The van der Waals surface area contributed by atoms with Gasteiger partial charge in [0.05, 0.1) is 0 Å². The number of hydrogen-bond donors (Lipinski definition) is 0. The van der Waals surface area contributed by atoms with Crippen molar-refractivity contribution in [3.05, 3.63) is 188 Å². The largest absolute Gasteiger partial charge is 0.208 e. The Morgan fingerprint density at radius 3 is 1.51 bits per heavy atom. The zero-order valence-electron chi connectivity index (χ0n) is 28.6. The molecule has 2 heterocycles. The van der Waals surface area contributed by atoms with E-state index in [0.717, 1.165) is 38.6 Å². The molecule has 0 aliphatic heterocycles. The zero-order chi connectivity index (χ0) is 35.1. The fraction of sp³-hybridized carbons (Fsp3) is 0. The summed E-state index contributed by atoms with van der Waals surface area (Å²) in [6.45, 7) is 0. The first-order valence-corrected chi connectivity index (χ1v) is 18.6. The molecule has 0 N–H and O–H groups in total. The normalized spacial score (nSPS) is 11.4. The third-order valence-corrected chi connectivity index (χ3v) is 11.2. The van der Waals surface area contributed by atoms with Crippen LogP contribution in [0.25, 0.3) is 98.5 Å². The first-order valence-electron chi connectivity index (χ1n) is 17.8. The van der Waals surface area contributed by atoms with E-state index >= 15 is 0 Å². The first kappa shape index (κ1) is 31.0. The smallest absolute Gasteiger partial charge is 0.165 e. The van der Waals surface area contributed by atoms with E-state index in [2.05, 4.69) is 170 Å². The van der Waals surface area contributed by atoms with Crippen molar-refractivity contribution in [3.63, 3.8) is 0 Å². The molecule has 0 aliphatic rings. The van der Waals surface area contributed by atoms with Crippen molar-refractivity contribution in [2.45, 2.75) is 0 Å². The predicted molar refractivity (Wildman–Crippen MR) is 223 cm³/mol. The molecule has 0 bridgehead atoms. The van der Waals surface area contributed by atoms with Crippen LogP contribution in [-0.4, -0.2) is 15.0 Å². The minimum atomic E-state index is 0.653. The van der Waals surface area contributed by atoms with Gasteiger partial charge >= 0.3 is 0 Å². The van der Waals surface area contributed by atoms with Crippen LogP contribution in [0.3, 0.4) is 0 Å². The summed E-state index contributed by atoms with van der Waals surface area (Å²) in [4.78, 5) is 15.5. The molecular weight excluding hydrogens is 663 g/mol. The van der Waals surface area contributed by atoms with Gasteiger partial charge in [0.2, 0.25) is 0 Å². The predicted octanol–water partition coefficient (Wildman–Crippen LogP) is 13.4. The fourth-order valence-electron chi connectivity index (χ4n) is 7.46. The van der Waals surface area contributed by atoms with Gasteiger partial charge in [0, 0.05) is 36.9 Å². The average Bonchev–Trinajstić information content (AvgIpc) is 3.63. The molecule has 0 radical (unpaired) electrons. The van der Waals surface area contributed by atoms with Crippen molar-refractivity contribution >= 4 is 42.3 Å². The topological polar surface area (TPSA) is 38.7 Å². The SMILES string of the molecule is c1ccc(-c2nc(-c3ccc(-c4cccc(-c5ccccc5-c5ccccc5)c4)c4ccccc34)nc(-c3cccc4c3sc3ccccc34)n2)cc1. The molecule has 248 valence electrons. The van der Waals surface area contributed by atoms with Crippen LogP contribution in [0.15, 0.2) is 188 Å². The molecule has 0 fully saturated rings. The maximum atomic E-state index is 5.25. The van der Waals surface area contributed by atoms with E-state index in [-0.39, 0.29) is 0 Å². The molecule has 0 atom stereocenters. The minimum Gasteiger partial charge on any atom is -0.208 e. The number of nitrogens with zero attached hydrogens (tertiary/aromatic N) is 3. The highest BCUT2D eigenvalue weighted by Gasteiger charge is 2.19. The van der Waals surface area contributed by atoms with Gasteiger partial charge in [-0.1, -0.05) is 164 Å². The summed E-state index contributed by atoms with van der Waals surface area (Å²) in [7, 11) is 0. The molecule has 0 aliphatic carbocycles. The Bertz CT molecular complexity index is 2950. The second kappa shape index (κ2) is 13.1. The molecule has 0 saturated carbocycles. The summed E-state index contributed by atoms with van der Waals surface area (Å²) < 4.78 is 2.43. The lowest BCUT2D eigenvalue weighted by atomic mass is 9.90. The molecule has 0 amide bonds. The van der Waals surface area contributed by atoms with Gasteiger partial charge in [0.1, 0.15) is 0 Å². The Balaban J connectivity index is 1.14. The highest BCUT2D eigenvalue weighted by molar-refractivity contribution is 7.26. The van der Waals surface area contributed by atoms with Crippen LogP contribution in [0, 0.1) is 0 Å². The first-order chi connectivity index (χ1) is 26.3. The van der Waals surface area contributed by atoms with Crippen molar-refractivity contribution in [1.29, 1.82) is 0 Å². The van der Waals surface area contributed by atoms with E-state index in [9.17, 15) is 0 Å². The molecule has 0 unspecified atom stereocenters.